The second kappa shape index (κ2) is 5.58. The molecule has 0 aliphatic heterocycles. The van der Waals surface area contributed by atoms with Crippen molar-refractivity contribution in [1.29, 1.82) is 0 Å². The Labute approximate surface area is 93.0 Å². The predicted octanol–water partition coefficient (Wildman–Crippen LogP) is 1.03. The normalized spacial score (nSPS) is 10.0. The number of carbonyl (C=O) groups is 1. The molecule has 0 bridgehead atoms. The molecule has 0 saturated heterocycles. The number of hydrogen-bond acceptors (Lipinski definition) is 3. The molecule has 82 valence electrons. The zero-order chi connectivity index (χ0) is 11.3. The molecule has 0 fully saturated rings. The van der Waals surface area contributed by atoms with Crippen LogP contribution in [0, 0.1) is 0 Å². The molecule has 0 saturated carbocycles. The molecule has 4 N–H and O–H groups in total. The summed E-state index contributed by atoms with van der Waals surface area (Å²) in [4.78, 5) is 11.6. The molecule has 5 heteroatoms. The van der Waals surface area contributed by atoms with Crippen LogP contribution < -0.4 is 11.1 Å². The molecule has 4 nitrogen and oxygen atoms in total. The van der Waals surface area contributed by atoms with Crippen LogP contribution in [0.4, 0.5) is 5.69 Å². The van der Waals surface area contributed by atoms with E-state index >= 15 is 0 Å². The molecule has 1 rings (SSSR count). The third-order valence-corrected chi connectivity index (χ3v) is 2.21. The van der Waals surface area contributed by atoms with Crippen LogP contribution in [-0.4, -0.2) is 24.2 Å². The maximum Gasteiger partial charge on any atom is 0.254 e. The van der Waals surface area contributed by atoms with Gasteiger partial charge in [-0.05, 0) is 18.6 Å². The van der Waals surface area contributed by atoms with Gasteiger partial charge in [0.15, 0.2) is 0 Å². The Morgan fingerprint density at radius 2 is 2.27 bits per heavy atom. The van der Waals surface area contributed by atoms with E-state index in [4.69, 9.17) is 22.4 Å². The lowest BCUT2D eigenvalue weighted by molar-refractivity contribution is 0.0952. The van der Waals surface area contributed by atoms with Gasteiger partial charge in [0.25, 0.3) is 5.91 Å². The Morgan fingerprint density at radius 3 is 2.87 bits per heavy atom. The standard InChI is InChI=1S/C10H13ClN2O2/c11-7-3-1-4-8(12)9(7)10(15)13-5-2-6-14/h1,3-4,14H,2,5-6,12H2,(H,13,15). The van der Waals surface area contributed by atoms with E-state index in [-0.39, 0.29) is 18.1 Å². The van der Waals surface area contributed by atoms with E-state index in [2.05, 4.69) is 5.32 Å². The number of hydrogen-bond donors (Lipinski definition) is 3. The smallest absolute Gasteiger partial charge is 0.254 e. The minimum atomic E-state index is -0.313. The van der Waals surface area contributed by atoms with Gasteiger partial charge in [0.05, 0.1) is 10.6 Å². The third kappa shape index (κ3) is 3.11. The highest BCUT2D eigenvalue weighted by Crippen LogP contribution is 2.21. The van der Waals surface area contributed by atoms with Gasteiger partial charge in [0, 0.05) is 18.8 Å². The Hall–Kier alpha value is -1.26. The van der Waals surface area contributed by atoms with Gasteiger partial charge in [-0.15, -0.1) is 0 Å². The zero-order valence-electron chi connectivity index (χ0n) is 8.16. The minimum absolute atomic E-state index is 0.0400. The molecule has 1 amide bonds. The van der Waals surface area contributed by atoms with E-state index in [9.17, 15) is 4.79 Å². The second-order valence-electron chi connectivity index (χ2n) is 3.04. The number of halogens is 1. The Balaban J connectivity index is 2.73. The first kappa shape index (κ1) is 11.8. The van der Waals surface area contributed by atoms with E-state index in [1.165, 1.54) is 0 Å². The molecular formula is C10H13ClN2O2. The van der Waals surface area contributed by atoms with Crippen LogP contribution in [-0.2, 0) is 0 Å². The van der Waals surface area contributed by atoms with Gasteiger partial charge in [0.2, 0.25) is 0 Å². The summed E-state index contributed by atoms with van der Waals surface area (Å²) in [6, 6.07) is 4.91. The fraction of sp³-hybridized carbons (Fsp3) is 0.300. The van der Waals surface area contributed by atoms with Gasteiger partial charge in [-0.2, -0.15) is 0 Å². The molecule has 0 aliphatic rings. The maximum atomic E-state index is 11.6. The summed E-state index contributed by atoms with van der Waals surface area (Å²) in [6.07, 6.45) is 0.510. The number of benzene rings is 1. The minimum Gasteiger partial charge on any atom is -0.398 e. The van der Waals surface area contributed by atoms with Gasteiger partial charge in [0.1, 0.15) is 0 Å². The monoisotopic (exact) mass is 228 g/mol. The quantitative estimate of drug-likeness (QED) is 0.532. The molecule has 0 radical (unpaired) electrons. The lowest BCUT2D eigenvalue weighted by atomic mass is 10.1. The summed E-state index contributed by atoms with van der Waals surface area (Å²) in [5.74, 6) is -0.313. The van der Waals surface area contributed by atoms with Crippen molar-refractivity contribution in [2.45, 2.75) is 6.42 Å². The number of rotatable bonds is 4. The van der Waals surface area contributed by atoms with Crippen molar-refractivity contribution in [2.24, 2.45) is 0 Å². The number of aliphatic hydroxyl groups excluding tert-OH is 1. The fourth-order valence-electron chi connectivity index (χ4n) is 1.15. The summed E-state index contributed by atoms with van der Waals surface area (Å²) in [5.41, 5.74) is 6.27. The van der Waals surface area contributed by atoms with Crippen molar-refractivity contribution < 1.29 is 9.90 Å². The highest BCUT2D eigenvalue weighted by molar-refractivity contribution is 6.34. The number of carbonyl (C=O) groups excluding carboxylic acids is 1. The summed E-state index contributed by atoms with van der Waals surface area (Å²) >= 11 is 5.85. The Morgan fingerprint density at radius 1 is 1.53 bits per heavy atom. The SMILES string of the molecule is Nc1cccc(Cl)c1C(=O)NCCCO. The van der Waals surface area contributed by atoms with E-state index in [1.807, 2.05) is 0 Å². The largest absolute Gasteiger partial charge is 0.398 e. The molecule has 0 atom stereocenters. The van der Waals surface area contributed by atoms with Crippen molar-refractivity contribution in [3.05, 3.63) is 28.8 Å². The van der Waals surface area contributed by atoms with Crippen molar-refractivity contribution in [3.8, 4) is 0 Å². The number of nitrogens with two attached hydrogens (primary N) is 1. The van der Waals surface area contributed by atoms with E-state index in [1.54, 1.807) is 18.2 Å². The van der Waals surface area contributed by atoms with Crippen LogP contribution in [0.15, 0.2) is 18.2 Å². The van der Waals surface area contributed by atoms with Crippen molar-refractivity contribution in [2.75, 3.05) is 18.9 Å². The Bertz CT molecular complexity index is 335. The van der Waals surface area contributed by atoms with Crippen molar-refractivity contribution in [3.63, 3.8) is 0 Å². The highest BCUT2D eigenvalue weighted by Gasteiger charge is 2.12. The lowest BCUT2D eigenvalue weighted by Gasteiger charge is -2.08. The first-order chi connectivity index (χ1) is 7.16. The zero-order valence-corrected chi connectivity index (χ0v) is 8.92. The van der Waals surface area contributed by atoms with Gasteiger partial charge in [-0.3, -0.25) is 4.79 Å². The Kier molecular flexibility index (Phi) is 4.39. The van der Waals surface area contributed by atoms with E-state index in [0.717, 1.165) is 0 Å². The topological polar surface area (TPSA) is 75.4 Å². The molecule has 1 aromatic rings. The summed E-state index contributed by atoms with van der Waals surface area (Å²) in [5, 5.41) is 11.5. The number of nitrogen functional groups attached to an aromatic ring is 1. The molecule has 0 spiro atoms. The van der Waals surface area contributed by atoms with E-state index in [0.29, 0.717) is 23.7 Å². The lowest BCUT2D eigenvalue weighted by Crippen LogP contribution is -2.26. The van der Waals surface area contributed by atoms with Gasteiger partial charge >= 0.3 is 0 Å². The van der Waals surface area contributed by atoms with Crippen molar-refractivity contribution >= 4 is 23.2 Å². The predicted molar refractivity (Wildman–Crippen MR) is 59.9 cm³/mol. The molecule has 0 aliphatic carbocycles. The molecule has 0 unspecified atom stereocenters. The third-order valence-electron chi connectivity index (χ3n) is 1.89. The van der Waals surface area contributed by atoms with Crippen LogP contribution >= 0.6 is 11.6 Å². The average molecular weight is 229 g/mol. The summed E-state index contributed by atoms with van der Waals surface area (Å²) in [7, 11) is 0. The number of nitrogens with one attached hydrogen (secondary N) is 1. The van der Waals surface area contributed by atoms with Crippen LogP contribution in [0.25, 0.3) is 0 Å². The number of amides is 1. The number of anilines is 1. The molecule has 15 heavy (non-hydrogen) atoms. The fourth-order valence-corrected chi connectivity index (χ4v) is 1.42. The van der Waals surface area contributed by atoms with Crippen LogP contribution in [0.3, 0.4) is 0 Å². The van der Waals surface area contributed by atoms with E-state index < -0.39 is 0 Å². The average Bonchev–Trinajstić information content (AvgIpc) is 2.18. The van der Waals surface area contributed by atoms with Gasteiger partial charge < -0.3 is 16.2 Å². The second-order valence-corrected chi connectivity index (χ2v) is 3.44. The molecule has 0 aromatic heterocycles. The number of aliphatic hydroxyl groups is 1. The first-order valence-electron chi connectivity index (χ1n) is 4.60. The highest BCUT2D eigenvalue weighted by atomic mass is 35.5. The van der Waals surface area contributed by atoms with Gasteiger partial charge in [-0.1, -0.05) is 17.7 Å². The van der Waals surface area contributed by atoms with Gasteiger partial charge in [-0.25, -0.2) is 0 Å². The maximum absolute atomic E-state index is 11.6. The summed E-state index contributed by atoms with van der Waals surface area (Å²) < 4.78 is 0. The summed E-state index contributed by atoms with van der Waals surface area (Å²) in [6.45, 7) is 0.443. The molecular weight excluding hydrogens is 216 g/mol. The van der Waals surface area contributed by atoms with Crippen molar-refractivity contribution in [1.82, 2.24) is 5.32 Å². The van der Waals surface area contributed by atoms with Crippen LogP contribution in [0.2, 0.25) is 5.02 Å². The van der Waals surface area contributed by atoms with Crippen LogP contribution in [0.5, 0.6) is 0 Å². The molecule has 1 aromatic carbocycles. The first-order valence-corrected chi connectivity index (χ1v) is 4.97. The molecule has 0 heterocycles. The van der Waals surface area contributed by atoms with Crippen LogP contribution in [0.1, 0.15) is 16.8 Å².